The minimum atomic E-state index is -0.453. The van der Waals surface area contributed by atoms with Crippen molar-refractivity contribution in [3.63, 3.8) is 0 Å². The molecule has 0 aliphatic rings. The van der Waals surface area contributed by atoms with Gasteiger partial charge in [0.1, 0.15) is 5.82 Å². The lowest BCUT2D eigenvalue weighted by Crippen LogP contribution is -2.04. The van der Waals surface area contributed by atoms with Crippen LogP contribution in [0.15, 0.2) is 36.6 Å². The minimum absolute atomic E-state index is 0.298. The summed E-state index contributed by atoms with van der Waals surface area (Å²) in [4.78, 5) is 16.3. The lowest BCUT2D eigenvalue weighted by Gasteiger charge is -2.04. The van der Waals surface area contributed by atoms with E-state index in [0.717, 1.165) is 11.4 Å². The van der Waals surface area contributed by atoms with Crippen LogP contribution in [0.2, 0.25) is 0 Å². The van der Waals surface area contributed by atoms with E-state index in [-0.39, 0.29) is 0 Å². The van der Waals surface area contributed by atoms with Gasteiger partial charge in [-0.3, -0.25) is 0 Å². The lowest BCUT2D eigenvalue weighted by molar-refractivity contribution is 0.0594. The summed E-state index contributed by atoms with van der Waals surface area (Å²) in [6.45, 7) is 2.47. The molecule has 1 aromatic heterocycles. The van der Waals surface area contributed by atoms with E-state index in [2.05, 4.69) is 4.98 Å². The Balaban J connectivity index is 2.37. The van der Waals surface area contributed by atoms with Gasteiger partial charge in [0.15, 0.2) is 5.69 Å². The Morgan fingerprint density at radius 1 is 1.32 bits per heavy atom. The van der Waals surface area contributed by atoms with Crippen molar-refractivity contribution >= 4 is 12.0 Å². The number of esters is 1. The Kier molecular flexibility index (Phi) is 5.36. The van der Waals surface area contributed by atoms with Gasteiger partial charge in [-0.25, -0.2) is 9.78 Å². The van der Waals surface area contributed by atoms with Crippen molar-refractivity contribution in [2.75, 3.05) is 13.7 Å². The Bertz CT molecular complexity index is 660. The first kappa shape index (κ1) is 15.8. The van der Waals surface area contributed by atoms with Crippen LogP contribution in [-0.4, -0.2) is 29.2 Å². The van der Waals surface area contributed by atoms with Crippen molar-refractivity contribution in [1.82, 2.24) is 9.55 Å². The van der Waals surface area contributed by atoms with Crippen LogP contribution in [0.5, 0.6) is 0 Å². The molecule has 0 aliphatic carbocycles. The lowest BCUT2D eigenvalue weighted by atomic mass is 10.1. The zero-order chi connectivity index (χ0) is 15.9. The summed E-state index contributed by atoms with van der Waals surface area (Å²) in [7, 11) is 3.23. The third-order valence-corrected chi connectivity index (χ3v) is 3.30. The van der Waals surface area contributed by atoms with Crippen LogP contribution >= 0.6 is 0 Å². The number of ether oxygens (including phenoxy) is 2. The van der Waals surface area contributed by atoms with Gasteiger partial charge in [0.05, 0.1) is 25.7 Å². The van der Waals surface area contributed by atoms with Gasteiger partial charge in [-0.2, -0.15) is 0 Å². The van der Waals surface area contributed by atoms with Crippen LogP contribution < -0.4 is 0 Å². The summed E-state index contributed by atoms with van der Waals surface area (Å²) in [5, 5.41) is 0. The van der Waals surface area contributed by atoms with E-state index in [9.17, 15) is 4.79 Å². The monoisotopic (exact) mass is 300 g/mol. The zero-order valence-electron chi connectivity index (χ0n) is 13.1. The van der Waals surface area contributed by atoms with Crippen molar-refractivity contribution in [1.29, 1.82) is 0 Å². The van der Waals surface area contributed by atoms with E-state index in [4.69, 9.17) is 9.47 Å². The molecule has 0 atom stereocenters. The highest BCUT2D eigenvalue weighted by atomic mass is 16.5. The maximum absolute atomic E-state index is 11.9. The van der Waals surface area contributed by atoms with Crippen LogP contribution in [0.4, 0.5) is 0 Å². The molecule has 0 aliphatic heterocycles. The number of hydrogen-bond donors (Lipinski definition) is 0. The molecular weight excluding hydrogens is 280 g/mol. The number of benzene rings is 1. The molecule has 0 N–H and O–H groups in total. The van der Waals surface area contributed by atoms with Gasteiger partial charge in [-0.05, 0) is 18.6 Å². The summed E-state index contributed by atoms with van der Waals surface area (Å²) in [5.74, 6) is 0.341. The van der Waals surface area contributed by atoms with E-state index in [0.29, 0.717) is 24.4 Å². The highest BCUT2D eigenvalue weighted by molar-refractivity contribution is 5.91. The molecule has 22 heavy (non-hydrogen) atoms. The molecule has 116 valence electrons. The molecule has 0 bridgehead atoms. The van der Waals surface area contributed by atoms with Gasteiger partial charge in [0.25, 0.3) is 0 Å². The van der Waals surface area contributed by atoms with Crippen molar-refractivity contribution in [3.05, 3.63) is 59.4 Å². The average Bonchev–Trinajstić information content (AvgIpc) is 2.85. The van der Waals surface area contributed by atoms with Crippen LogP contribution in [0.25, 0.3) is 6.08 Å². The number of hydrogen-bond acceptors (Lipinski definition) is 4. The van der Waals surface area contributed by atoms with E-state index in [1.54, 1.807) is 12.3 Å². The number of aromatic nitrogens is 2. The van der Waals surface area contributed by atoms with Crippen molar-refractivity contribution < 1.29 is 14.3 Å². The molecule has 0 amide bonds. The molecular formula is C17H20N2O3. The zero-order valence-corrected chi connectivity index (χ0v) is 13.1. The number of carbonyl (C=O) groups excluding carboxylic acids is 1. The summed E-state index contributed by atoms with van der Waals surface area (Å²) >= 11 is 0. The van der Waals surface area contributed by atoms with Gasteiger partial charge < -0.3 is 14.0 Å². The van der Waals surface area contributed by atoms with Crippen molar-refractivity contribution in [2.45, 2.75) is 13.3 Å². The number of methoxy groups -OCH3 is 1. The molecule has 0 radical (unpaired) electrons. The highest BCUT2D eigenvalue weighted by Gasteiger charge is 2.19. The molecule has 5 nitrogen and oxygen atoms in total. The molecule has 0 unspecified atom stereocenters. The minimum Gasteiger partial charge on any atom is -0.501 e. The van der Waals surface area contributed by atoms with Crippen LogP contribution in [0.3, 0.4) is 0 Å². The molecule has 1 heterocycles. The van der Waals surface area contributed by atoms with E-state index >= 15 is 0 Å². The Morgan fingerprint density at radius 3 is 2.68 bits per heavy atom. The molecule has 0 spiro atoms. The molecule has 0 fully saturated rings. The predicted octanol–water partition coefficient (Wildman–Crippen LogP) is 2.80. The van der Waals surface area contributed by atoms with Gasteiger partial charge in [0.2, 0.25) is 0 Å². The second-order valence-electron chi connectivity index (χ2n) is 4.73. The van der Waals surface area contributed by atoms with Gasteiger partial charge >= 0.3 is 5.97 Å². The highest BCUT2D eigenvalue weighted by Crippen LogP contribution is 2.17. The summed E-state index contributed by atoms with van der Waals surface area (Å²) < 4.78 is 11.9. The van der Waals surface area contributed by atoms with Gasteiger partial charge in [-0.1, -0.05) is 30.3 Å². The van der Waals surface area contributed by atoms with Gasteiger partial charge in [0, 0.05) is 13.5 Å². The topological polar surface area (TPSA) is 53.4 Å². The number of rotatable bonds is 6. The second kappa shape index (κ2) is 7.45. The fourth-order valence-corrected chi connectivity index (χ4v) is 2.14. The Labute approximate surface area is 130 Å². The first-order valence-electron chi connectivity index (χ1n) is 7.13. The maximum atomic E-state index is 11.9. The third-order valence-electron chi connectivity index (χ3n) is 3.30. The number of nitrogens with zero attached hydrogens (tertiary/aromatic N) is 2. The van der Waals surface area contributed by atoms with Crippen LogP contribution in [0, 0.1) is 0 Å². The largest absolute Gasteiger partial charge is 0.501 e. The number of imidazole rings is 1. The van der Waals surface area contributed by atoms with Crippen LogP contribution in [0.1, 0.15) is 34.5 Å². The smallest absolute Gasteiger partial charge is 0.358 e. The molecule has 0 saturated heterocycles. The molecule has 5 heteroatoms. The number of carbonyl (C=O) groups is 1. The molecule has 0 saturated carbocycles. The standard InChI is InChI=1S/C17H20N2O3/c1-4-22-11-10-14-16(17(20)21-3)18-15(19(14)2)12-13-8-6-5-7-9-13/h5-11H,4,12H2,1-3H3. The van der Waals surface area contributed by atoms with Crippen molar-refractivity contribution in [2.24, 2.45) is 7.05 Å². The second-order valence-corrected chi connectivity index (χ2v) is 4.73. The van der Waals surface area contributed by atoms with E-state index in [1.807, 2.05) is 48.9 Å². The first-order chi connectivity index (χ1) is 10.7. The Morgan fingerprint density at radius 2 is 2.05 bits per heavy atom. The third kappa shape index (κ3) is 3.55. The first-order valence-corrected chi connectivity index (χ1v) is 7.13. The maximum Gasteiger partial charge on any atom is 0.358 e. The predicted molar refractivity (Wildman–Crippen MR) is 84.5 cm³/mol. The summed E-state index contributed by atoms with van der Waals surface area (Å²) in [6.07, 6.45) is 3.94. The fourth-order valence-electron chi connectivity index (χ4n) is 2.14. The summed E-state index contributed by atoms with van der Waals surface area (Å²) in [5.41, 5.74) is 2.10. The molecule has 2 aromatic rings. The fraction of sp³-hybridized carbons (Fsp3) is 0.294. The van der Waals surface area contributed by atoms with E-state index < -0.39 is 5.97 Å². The molecule has 1 aromatic carbocycles. The Hall–Kier alpha value is -2.56. The van der Waals surface area contributed by atoms with Crippen LogP contribution in [-0.2, 0) is 22.9 Å². The van der Waals surface area contributed by atoms with Gasteiger partial charge in [-0.15, -0.1) is 0 Å². The van der Waals surface area contributed by atoms with Crippen molar-refractivity contribution in [3.8, 4) is 0 Å². The molecule has 2 rings (SSSR count). The quantitative estimate of drug-likeness (QED) is 0.608. The average molecular weight is 300 g/mol. The SMILES string of the molecule is CCOC=Cc1c(C(=O)OC)nc(Cc2ccccc2)n1C. The van der Waals surface area contributed by atoms with E-state index in [1.165, 1.54) is 7.11 Å². The summed E-state index contributed by atoms with van der Waals surface area (Å²) in [6, 6.07) is 9.99. The normalized spacial score (nSPS) is 10.9.